The molecule has 3 nitrogen and oxygen atoms in total. The summed E-state index contributed by atoms with van der Waals surface area (Å²) >= 11 is 1.81. The molecule has 20 heavy (non-hydrogen) atoms. The SMILES string of the molecule is CC1c2ccsc2CCN1C(=O)C1CC1c1ccco1. The highest BCUT2D eigenvalue weighted by molar-refractivity contribution is 7.10. The molecular weight excluding hydrogens is 270 g/mol. The fourth-order valence-corrected chi connectivity index (χ4v) is 4.27. The summed E-state index contributed by atoms with van der Waals surface area (Å²) in [5.41, 5.74) is 1.34. The van der Waals surface area contributed by atoms with Crippen LogP contribution in [0, 0.1) is 5.92 Å². The molecule has 2 aromatic heterocycles. The Bertz CT molecular complexity index is 631. The maximum absolute atomic E-state index is 12.7. The van der Waals surface area contributed by atoms with E-state index < -0.39 is 0 Å². The van der Waals surface area contributed by atoms with Gasteiger partial charge in [-0.1, -0.05) is 0 Å². The van der Waals surface area contributed by atoms with Gasteiger partial charge in [-0.2, -0.15) is 0 Å². The van der Waals surface area contributed by atoms with Crippen molar-refractivity contribution >= 4 is 17.2 Å². The molecule has 0 spiro atoms. The number of carbonyl (C=O) groups is 1. The minimum atomic E-state index is 0.129. The van der Waals surface area contributed by atoms with Crippen LogP contribution in [-0.2, 0) is 11.2 Å². The lowest BCUT2D eigenvalue weighted by molar-refractivity contribution is -0.135. The summed E-state index contributed by atoms with van der Waals surface area (Å²) in [4.78, 5) is 16.2. The van der Waals surface area contributed by atoms with Gasteiger partial charge in [-0.15, -0.1) is 11.3 Å². The van der Waals surface area contributed by atoms with E-state index in [1.807, 2.05) is 23.5 Å². The van der Waals surface area contributed by atoms with Gasteiger partial charge < -0.3 is 9.32 Å². The van der Waals surface area contributed by atoms with Crippen molar-refractivity contribution in [3.8, 4) is 0 Å². The number of hydrogen-bond donors (Lipinski definition) is 0. The number of hydrogen-bond acceptors (Lipinski definition) is 3. The van der Waals surface area contributed by atoms with Crippen LogP contribution in [0.15, 0.2) is 34.3 Å². The Morgan fingerprint density at radius 2 is 2.35 bits per heavy atom. The summed E-state index contributed by atoms with van der Waals surface area (Å²) in [6.07, 6.45) is 3.63. The van der Waals surface area contributed by atoms with Crippen molar-refractivity contribution in [3.05, 3.63) is 46.0 Å². The number of thiophene rings is 1. The van der Waals surface area contributed by atoms with Crippen LogP contribution in [-0.4, -0.2) is 17.4 Å². The fraction of sp³-hybridized carbons (Fsp3) is 0.438. The Morgan fingerprint density at radius 3 is 3.15 bits per heavy atom. The minimum Gasteiger partial charge on any atom is -0.469 e. The molecule has 0 bridgehead atoms. The van der Waals surface area contributed by atoms with E-state index in [-0.39, 0.29) is 12.0 Å². The number of fused-ring (bicyclic) bond motifs is 1. The maximum Gasteiger partial charge on any atom is 0.226 e. The monoisotopic (exact) mass is 287 g/mol. The van der Waals surface area contributed by atoms with E-state index in [0.29, 0.717) is 11.8 Å². The Kier molecular flexibility index (Phi) is 2.74. The second kappa shape index (κ2) is 4.48. The number of furan rings is 1. The Balaban J connectivity index is 1.51. The van der Waals surface area contributed by atoms with E-state index >= 15 is 0 Å². The molecule has 1 aliphatic carbocycles. The predicted molar refractivity (Wildman–Crippen MR) is 77.7 cm³/mol. The first-order valence-electron chi connectivity index (χ1n) is 7.16. The molecular formula is C16H17NO2S. The second-order valence-electron chi connectivity index (χ2n) is 5.72. The van der Waals surface area contributed by atoms with Crippen LogP contribution in [0.3, 0.4) is 0 Å². The molecule has 1 fully saturated rings. The predicted octanol–water partition coefficient (Wildman–Crippen LogP) is 3.59. The molecule has 4 heteroatoms. The zero-order valence-electron chi connectivity index (χ0n) is 11.4. The van der Waals surface area contributed by atoms with Crippen molar-refractivity contribution in [2.24, 2.45) is 5.92 Å². The molecule has 1 amide bonds. The van der Waals surface area contributed by atoms with Gasteiger partial charge in [0.2, 0.25) is 5.91 Å². The van der Waals surface area contributed by atoms with Gasteiger partial charge in [0.05, 0.1) is 12.3 Å². The van der Waals surface area contributed by atoms with Crippen molar-refractivity contribution in [2.75, 3.05) is 6.54 Å². The maximum atomic E-state index is 12.7. The fourth-order valence-electron chi connectivity index (χ4n) is 3.31. The zero-order valence-corrected chi connectivity index (χ0v) is 12.2. The largest absolute Gasteiger partial charge is 0.469 e. The van der Waals surface area contributed by atoms with Gasteiger partial charge in [0.25, 0.3) is 0 Å². The normalized spacial score (nSPS) is 28.2. The lowest BCUT2D eigenvalue weighted by Gasteiger charge is -2.34. The highest BCUT2D eigenvalue weighted by Crippen LogP contribution is 2.49. The number of carbonyl (C=O) groups excluding carboxylic acids is 1. The smallest absolute Gasteiger partial charge is 0.226 e. The molecule has 104 valence electrons. The third-order valence-electron chi connectivity index (χ3n) is 4.58. The van der Waals surface area contributed by atoms with Crippen molar-refractivity contribution < 1.29 is 9.21 Å². The highest BCUT2D eigenvalue weighted by atomic mass is 32.1. The first-order chi connectivity index (χ1) is 9.75. The third-order valence-corrected chi connectivity index (χ3v) is 5.57. The van der Waals surface area contributed by atoms with Crippen molar-refractivity contribution in [3.63, 3.8) is 0 Å². The van der Waals surface area contributed by atoms with Crippen molar-refractivity contribution in [1.82, 2.24) is 4.90 Å². The Hall–Kier alpha value is -1.55. The van der Waals surface area contributed by atoms with Crippen LogP contribution < -0.4 is 0 Å². The standard InChI is InChI=1S/C16H17NO2S/c1-10-11-5-8-20-15(11)4-6-17(10)16(18)13-9-12(13)14-3-2-7-19-14/h2-3,5,7-8,10,12-13H,4,6,9H2,1H3. The summed E-state index contributed by atoms with van der Waals surface area (Å²) in [7, 11) is 0. The van der Waals surface area contributed by atoms with Gasteiger partial charge in [0.15, 0.2) is 0 Å². The van der Waals surface area contributed by atoms with E-state index in [1.54, 1.807) is 6.26 Å². The van der Waals surface area contributed by atoms with Crippen molar-refractivity contribution in [1.29, 1.82) is 0 Å². The van der Waals surface area contributed by atoms with Crippen LogP contribution >= 0.6 is 11.3 Å². The molecule has 3 atom stereocenters. The van der Waals surface area contributed by atoms with Gasteiger partial charge >= 0.3 is 0 Å². The Morgan fingerprint density at radius 1 is 1.45 bits per heavy atom. The lowest BCUT2D eigenvalue weighted by atomic mass is 10.0. The quantitative estimate of drug-likeness (QED) is 0.845. The highest BCUT2D eigenvalue weighted by Gasteiger charge is 2.48. The molecule has 1 saturated carbocycles. The summed E-state index contributed by atoms with van der Waals surface area (Å²) < 4.78 is 5.43. The molecule has 0 saturated heterocycles. The Labute approximate surface area is 122 Å². The molecule has 2 aliphatic rings. The van der Waals surface area contributed by atoms with Gasteiger partial charge in [-0.05, 0) is 48.9 Å². The third kappa shape index (κ3) is 1.82. The van der Waals surface area contributed by atoms with Crippen LogP contribution in [0.2, 0.25) is 0 Å². The van der Waals surface area contributed by atoms with Crippen LogP contribution in [0.5, 0.6) is 0 Å². The molecule has 0 N–H and O–H groups in total. The first-order valence-corrected chi connectivity index (χ1v) is 8.04. The molecule has 1 aliphatic heterocycles. The van der Waals surface area contributed by atoms with Crippen LogP contribution in [0.25, 0.3) is 0 Å². The summed E-state index contributed by atoms with van der Waals surface area (Å²) in [6, 6.07) is 6.27. The van der Waals surface area contributed by atoms with Gasteiger partial charge in [-0.3, -0.25) is 4.79 Å². The van der Waals surface area contributed by atoms with E-state index in [0.717, 1.165) is 25.1 Å². The average molecular weight is 287 g/mol. The molecule has 0 aromatic carbocycles. The van der Waals surface area contributed by atoms with E-state index in [9.17, 15) is 4.79 Å². The summed E-state index contributed by atoms with van der Waals surface area (Å²) in [6.45, 7) is 3.00. The van der Waals surface area contributed by atoms with E-state index in [2.05, 4.69) is 23.3 Å². The van der Waals surface area contributed by atoms with Crippen LogP contribution in [0.1, 0.15) is 41.5 Å². The molecule has 0 radical (unpaired) electrons. The van der Waals surface area contributed by atoms with Gasteiger partial charge in [0.1, 0.15) is 5.76 Å². The molecule has 3 heterocycles. The first kappa shape index (κ1) is 12.2. The van der Waals surface area contributed by atoms with Gasteiger partial charge in [-0.25, -0.2) is 0 Å². The topological polar surface area (TPSA) is 33.5 Å². The van der Waals surface area contributed by atoms with Crippen LogP contribution in [0.4, 0.5) is 0 Å². The van der Waals surface area contributed by atoms with E-state index in [4.69, 9.17) is 4.42 Å². The molecule has 3 unspecified atom stereocenters. The minimum absolute atomic E-state index is 0.129. The van der Waals surface area contributed by atoms with Crippen molar-refractivity contribution in [2.45, 2.75) is 31.7 Å². The molecule has 2 aromatic rings. The number of nitrogens with zero attached hydrogens (tertiary/aromatic N) is 1. The van der Waals surface area contributed by atoms with Gasteiger partial charge in [0, 0.05) is 23.3 Å². The number of amides is 1. The lowest BCUT2D eigenvalue weighted by Crippen LogP contribution is -2.39. The van der Waals surface area contributed by atoms with E-state index in [1.165, 1.54) is 10.4 Å². The molecule has 4 rings (SSSR count). The summed E-state index contributed by atoms with van der Waals surface area (Å²) in [5, 5.41) is 2.14. The average Bonchev–Trinajstić information content (AvgIpc) is 2.91. The number of rotatable bonds is 2. The second-order valence-corrected chi connectivity index (χ2v) is 6.72. The summed E-state index contributed by atoms with van der Waals surface area (Å²) in [5.74, 6) is 1.69. The zero-order chi connectivity index (χ0) is 13.7.